The van der Waals surface area contributed by atoms with Crippen molar-refractivity contribution in [2.45, 2.75) is 13.8 Å². The minimum atomic E-state index is -0.0777. The zero-order valence-corrected chi connectivity index (χ0v) is 10.2. The van der Waals surface area contributed by atoms with Crippen LogP contribution in [0.2, 0.25) is 5.02 Å². The number of aryl methyl sites for hydroxylation is 1. The number of carbonyl (C=O) groups excluding carboxylic acids is 1. The molecular weight excluding hydrogens is 222 g/mol. The third-order valence-corrected chi connectivity index (χ3v) is 2.46. The third-order valence-electron chi connectivity index (χ3n) is 2.24. The highest BCUT2D eigenvalue weighted by Crippen LogP contribution is 2.16. The lowest BCUT2D eigenvalue weighted by atomic mass is 10.1. The fraction of sp³-hybridized carbons (Fsp3) is 0.308. The van der Waals surface area contributed by atoms with E-state index in [-0.39, 0.29) is 5.91 Å². The highest BCUT2D eigenvalue weighted by atomic mass is 35.5. The maximum atomic E-state index is 12.0. The van der Waals surface area contributed by atoms with Gasteiger partial charge in [-0.1, -0.05) is 17.5 Å². The Balaban J connectivity index is 2.99. The molecule has 0 spiro atoms. The highest BCUT2D eigenvalue weighted by molar-refractivity contribution is 6.31. The van der Waals surface area contributed by atoms with Gasteiger partial charge in [0, 0.05) is 17.1 Å². The molecule has 0 aromatic heterocycles. The molecule has 0 saturated carbocycles. The van der Waals surface area contributed by atoms with Gasteiger partial charge in [0.05, 0.1) is 6.54 Å². The monoisotopic (exact) mass is 235 g/mol. The summed E-state index contributed by atoms with van der Waals surface area (Å²) < 4.78 is 0. The fourth-order valence-electron chi connectivity index (χ4n) is 1.48. The Morgan fingerprint density at radius 2 is 2.19 bits per heavy atom. The molecule has 0 bridgehead atoms. The average molecular weight is 236 g/mol. The second-order valence-corrected chi connectivity index (χ2v) is 3.98. The summed E-state index contributed by atoms with van der Waals surface area (Å²) in [4.78, 5) is 13.6. The van der Waals surface area contributed by atoms with Gasteiger partial charge in [0.25, 0.3) is 5.91 Å². The molecule has 0 aliphatic heterocycles. The number of benzene rings is 1. The largest absolute Gasteiger partial charge is 0.328 e. The first-order valence-electron chi connectivity index (χ1n) is 5.08. The summed E-state index contributed by atoms with van der Waals surface area (Å²) in [7, 11) is 0. The maximum absolute atomic E-state index is 12.0. The smallest absolute Gasteiger partial charge is 0.254 e. The van der Waals surface area contributed by atoms with Crippen LogP contribution in [-0.4, -0.2) is 23.9 Å². The normalized spacial score (nSPS) is 9.62. The van der Waals surface area contributed by atoms with Gasteiger partial charge in [-0.2, -0.15) is 0 Å². The summed E-state index contributed by atoms with van der Waals surface area (Å²) in [5, 5.41) is 0.570. The number of terminal acetylenes is 1. The SMILES string of the molecule is C#CCN(CC)C(=O)c1cc(C)cc(Cl)c1. The van der Waals surface area contributed by atoms with E-state index in [9.17, 15) is 4.79 Å². The van der Waals surface area contributed by atoms with E-state index in [1.165, 1.54) is 0 Å². The Morgan fingerprint density at radius 1 is 1.50 bits per heavy atom. The molecule has 1 amide bonds. The Labute approximate surface area is 101 Å². The highest BCUT2D eigenvalue weighted by Gasteiger charge is 2.13. The first kappa shape index (κ1) is 12.6. The number of hydrogen-bond donors (Lipinski definition) is 0. The van der Waals surface area contributed by atoms with E-state index in [0.29, 0.717) is 23.7 Å². The van der Waals surface area contributed by atoms with Gasteiger partial charge in [0.2, 0.25) is 0 Å². The Morgan fingerprint density at radius 3 is 2.69 bits per heavy atom. The maximum Gasteiger partial charge on any atom is 0.254 e. The van der Waals surface area contributed by atoms with E-state index < -0.39 is 0 Å². The second-order valence-electron chi connectivity index (χ2n) is 3.54. The van der Waals surface area contributed by atoms with Gasteiger partial charge in [-0.05, 0) is 37.6 Å². The number of halogens is 1. The molecule has 0 N–H and O–H groups in total. The fourth-order valence-corrected chi connectivity index (χ4v) is 1.77. The van der Waals surface area contributed by atoms with Crippen molar-refractivity contribution in [3.63, 3.8) is 0 Å². The molecule has 0 aliphatic rings. The molecule has 3 heteroatoms. The Bertz CT molecular complexity index is 414. The number of carbonyl (C=O) groups is 1. The van der Waals surface area contributed by atoms with Gasteiger partial charge in [-0.15, -0.1) is 6.42 Å². The van der Waals surface area contributed by atoms with Gasteiger partial charge in [-0.3, -0.25) is 4.79 Å². The average Bonchev–Trinajstić information content (AvgIpc) is 2.23. The summed E-state index contributed by atoms with van der Waals surface area (Å²) in [6.07, 6.45) is 5.21. The van der Waals surface area contributed by atoms with Crippen LogP contribution in [0.15, 0.2) is 18.2 Å². The first-order valence-corrected chi connectivity index (χ1v) is 5.46. The summed E-state index contributed by atoms with van der Waals surface area (Å²) in [5.74, 6) is 2.39. The summed E-state index contributed by atoms with van der Waals surface area (Å²) in [6, 6.07) is 5.29. The number of rotatable bonds is 3. The molecule has 1 rings (SSSR count). The van der Waals surface area contributed by atoms with E-state index in [1.807, 2.05) is 26.0 Å². The minimum absolute atomic E-state index is 0.0777. The van der Waals surface area contributed by atoms with Crippen LogP contribution in [0.25, 0.3) is 0 Å². The van der Waals surface area contributed by atoms with Crippen LogP contribution >= 0.6 is 11.6 Å². The van der Waals surface area contributed by atoms with E-state index in [0.717, 1.165) is 5.56 Å². The van der Waals surface area contributed by atoms with E-state index in [1.54, 1.807) is 11.0 Å². The van der Waals surface area contributed by atoms with Crippen LogP contribution in [0.1, 0.15) is 22.8 Å². The molecule has 0 aliphatic carbocycles. The molecule has 1 aromatic carbocycles. The Kier molecular flexibility index (Phi) is 4.39. The van der Waals surface area contributed by atoms with Crippen LogP contribution in [0.5, 0.6) is 0 Å². The zero-order valence-electron chi connectivity index (χ0n) is 9.46. The van der Waals surface area contributed by atoms with Gasteiger partial charge in [0.15, 0.2) is 0 Å². The van der Waals surface area contributed by atoms with Crippen molar-refractivity contribution in [2.75, 3.05) is 13.1 Å². The zero-order chi connectivity index (χ0) is 12.1. The molecular formula is C13H14ClNO. The van der Waals surface area contributed by atoms with Crippen LogP contribution in [0, 0.1) is 19.3 Å². The summed E-state index contributed by atoms with van der Waals surface area (Å²) in [5.41, 5.74) is 1.55. The first-order chi connectivity index (χ1) is 7.58. The predicted molar refractivity (Wildman–Crippen MR) is 66.6 cm³/mol. The molecule has 1 aromatic rings. The third kappa shape index (κ3) is 3.01. The molecule has 0 saturated heterocycles. The summed E-state index contributed by atoms with van der Waals surface area (Å²) >= 11 is 5.91. The molecule has 0 unspecified atom stereocenters. The van der Waals surface area contributed by atoms with Crippen molar-refractivity contribution in [3.8, 4) is 12.3 Å². The van der Waals surface area contributed by atoms with E-state index in [2.05, 4.69) is 5.92 Å². The van der Waals surface area contributed by atoms with Crippen molar-refractivity contribution < 1.29 is 4.79 Å². The van der Waals surface area contributed by atoms with Crippen LogP contribution in [0.4, 0.5) is 0 Å². The van der Waals surface area contributed by atoms with Crippen molar-refractivity contribution in [1.82, 2.24) is 4.90 Å². The molecule has 0 atom stereocenters. The molecule has 84 valence electrons. The van der Waals surface area contributed by atoms with E-state index >= 15 is 0 Å². The number of hydrogen-bond acceptors (Lipinski definition) is 1. The second kappa shape index (κ2) is 5.58. The van der Waals surface area contributed by atoms with Crippen LogP contribution in [-0.2, 0) is 0 Å². The van der Waals surface area contributed by atoms with Crippen LogP contribution < -0.4 is 0 Å². The Hall–Kier alpha value is -1.46. The quantitative estimate of drug-likeness (QED) is 0.738. The number of amides is 1. The summed E-state index contributed by atoms with van der Waals surface area (Å²) in [6.45, 7) is 4.71. The molecule has 16 heavy (non-hydrogen) atoms. The lowest BCUT2D eigenvalue weighted by Gasteiger charge is -2.18. The van der Waals surface area contributed by atoms with Gasteiger partial charge < -0.3 is 4.90 Å². The topological polar surface area (TPSA) is 20.3 Å². The lowest BCUT2D eigenvalue weighted by Crippen LogP contribution is -2.31. The molecule has 0 heterocycles. The van der Waals surface area contributed by atoms with Crippen molar-refractivity contribution >= 4 is 17.5 Å². The van der Waals surface area contributed by atoms with E-state index in [4.69, 9.17) is 18.0 Å². The van der Waals surface area contributed by atoms with Gasteiger partial charge in [0.1, 0.15) is 0 Å². The lowest BCUT2D eigenvalue weighted by molar-refractivity contribution is 0.0785. The van der Waals surface area contributed by atoms with Crippen LogP contribution in [0.3, 0.4) is 0 Å². The molecule has 2 nitrogen and oxygen atoms in total. The number of nitrogens with zero attached hydrogens (tertiary/aromatic N) is 1. The molecule has 0 radical (unpaired) electrons. The standard InChI is InChI=1S/C13H14ClNO/c1-4-6-15(5-2)13(16)11-7-10(3)8-12(14)9-11/h1,7-9H,5-6H2,2-3H3. The molecule has 0 fully saturated rings. The van der Waals surface area contributed by atoms with Gasteiger partial charge >= 0.3 is 0 Å². The van der Waals surface area contributed by atoms with Crippen molar-refractivity contribution in [1.29, 1.82) is 0 Å². The predicted octanol–water partition coefficient (Wildman–Crippen LogP) is 2.74. The van der Waals surface area contributed by atoms with Crippen molar-refractivity contribution in [3.05, 3.63) is 34.3 Å². The van der Waals surface area contributed by atoms with Crippen molar-refractivity contribution in [2.24, 2.45) is 0 Å². The van der Waals surface area contributed by atoms with Gasteiger partial charge in [-0.25, -0.2) is 0 Å². The minimum Gasteiger partial charge on any atom is -0.328 e.